The molecule has 0 aliphatic rings. The van der Waals surface area contributed by atoms with Gasteiger partial charge in [-0.25, -0.2) is 0 Å². The van der Waals surface area contributed by atoms with Gasteiger partial charge in [-0.3, -0.25) is 9.36 Å². The van der Waals surface area contributed by atoms with Crippen LogP contribution in [-0.2, 0) is 6.42 Å². The highest BCUT2D eigenvalue weighted by atomic mass is 16.5. The van der Waals surface area contributed by atoms with Gasteiger partial charge >= 0.3 is 0 Å². The van der Waals surface area contributed by atoms with Crippen LogP contribution in [0.15, 0.2) is 48.5 Å². The molecule has 0 unspecified atom stereocenters. The van der Waals surface area contributed by atoms with Crippen molar-refractivity contribution in [3.8, 4) is 22.8 Å². The molecule has 0 bridgehead atoms. The number of hydrogen-bond donors (Lipinski definition) is 0. The van der Waals surface area contributed by atoms with E-state index < -0.39 is 0 Å². The Bertz CT molecular complexity index is 897. The fourth-order valence-electron chi connectivity index (χ4n) is 2.76. The Balaban J connectivity index is 2.03. The van der Waals surface area contributed by atoms with Crippen molar-refractivity contribution in [2.75, 3.05) is 21.2 Å². The van der Waals surface area contributed by atoms with Gasteiger partial charge in [0.2, 0.25) is 0 Å². The number of hydrogen-bond acceptors (Lipinski definition) is 4. The smallest absolute Gasteiger partial charge is 0.253 e. The van der Waals surface area contributed by atoms with E-state index in [0.29, 0.717) is 5.56 Å². The van der Waals surface area contributed by atoms with Gasteiger partial charge in [0.1, 0.15) is 11.6 Å². The van der Waals surface area contributed by atoms with E-state index >= 15 is 0 Å². The quantitative estimate of drug-likeness (QED) is 0.709. The molecule has 134 valence electrons. The molecule has 1 heterocycles. The number of ether oxygens (including phenoxy) is 1. The highest BCUT2D eigenvalue weighted by Crippen LogP contribution is 2.25. The fourth-order valence-corrected chi connectivity index (χ4v) is 2.76. The average Bonchev–Trinajstić information content (AvgIpc) is 3.11. The van der Waals surface area contributed by atoms with E-state index in [-0.39, 0.29) is 5.91 Å². The maximum Gasteiger partial charge on any atom is 0.253 e. The monoisotopic (exact) mass is 350 g/mol. The molecule has 0 spiro atoms. The summed E-state index contributed by atoms with van der Waals surface area (Å²) >= 11 is 0. The lowest BCUT2D eigenvalue weighted by Crippen LogP contribution is -2.21. The van der Waals surface area contributed by atoms with Crippen LogP contribution in [-0.4, -0.2) is 46.8 Å². The van der Waals surface area contributed by atoms with Crippen molar-refractivity contribution in [3.63, 3.8) is 0 Å². The van der Waals surface area contributed by atoms with E-state index in [2.05, 4.69) is 10.2 Å². The second kappa shape index (κ2) is 7.39. The SMILES string of the molecule is CCc1nnc(-c2ccc(OC)cc2)n1-c1ccc(C(=O)N(C)C)cc1. The third-order valence-electron chi connectivity index (χ3n) is 4.17. The third kappa shape index (κ3) is 3.31. The molecule has 0 aliphatic carbocycles. The van der Waals surface area contributed by atoms with Crippen LogP contribution >= 0.6 is 0 Å². The first kappa shape index (κ1) is 17.7. The van der Waals surface area contributed by atoms with Gasteiger partial charge in [-0.2, -0.15) is 0 Å². The molecule has 6 nitrogen and oxygen atoms in total. The number of carbonyl (C=O) groups excluding carboxylic acids is 1. The van der Waals surface area contributed by atoms with Gasteiger partial charge in [0.15, 0.2) is 5.82 Å². The highest BCUT2D eigenvalue weighted by molar-refractivity contribution is 5.94. The first-order chi connectivity index (χ1) is 12.5. The predicted octanol–water partition coefficient (Wildman–Crippen LogP) is 3.21. The average molecular weight is 350 g/mol. The predicted molar refractivity (Wildman–Crippen MR) is 101 cm³/mol. The molecule has 1 amide bonds. The zero-order valence-electron chi connectivity index (χ0n) is 15.4. The third-order valence-corrected chi connectivity index (χ3v) is 4.17. The Hall–Kier alpha value is -3.15. The molecule has 26 heavy (non-hydrogen) atoms. The minimum atomic E-state index is -0.0219. The van der Waals surface area contributed by atoms with Crippen molar-refractivity contribution in [2.45, 2.75) is 13.3 Å². The second-order valence-corrected chi connectivity index (χ2v) is 6.10. The maximum absolute atomic E-state index is 12.1. The van der Waals surface area contributed by atoms with Gasteiger partial charge in [0, 0.05) is 37.3 Å². The van der Waals surface area contributed by atoms with E-state index in [1.54, 1.807) is 26.1 Å². The van der Waals surface area contributed by atoms with Gasteiger partial charge in [-0.1, -0.05) is 6.92 Å². The Morgan fingerprint density at radius 3 is 2.23 bits per heavy atom. The standard InChI is InChI=1S/C20H22N4O2/c1-5-18-21-22-19(14-8-12-17(26-4)13-9-14)24(18)16-10-6-15(7-11-16)20(25)23(2)3/h6-13H,5H2,1-4H3. The molecule has 0 fully saturated rings. The van der Waals surface area contributed by atoms with Crippen LogP contribution in [0.2, 0.25) is 0 Å². The summed E-state index contributed by atoms with van der Waals surface area (Å²) in [5.74, 6) is 2.40. The second-order valence-electron chi connectivity index (χ2n) is 6.10. The van der Waals surface area contributed by atoms with Crippen molar-refractivity contribution < 1.29 is 9.53 Å². The minimum absolute atomic E-state index is 0.0219. The van der Waals surface area contributed by atoms with Gasteiger partial charge in [0.05, 0.1) is 7.11 Å². The molecule has 0 atom stereocenters. The Labute approximate surface area is 153 Å². The summed E-state index contributed by atoms with van der Waals surface area (Å²) in [5, 5.41) is 8.69. The lowest BCUT2D eigenvalue weighted by molar-refractivity contribution is 0.0827. The first-order valence-corrected chi connectivity index (χ1v) is 8.46. The number of aryl methyl sites for hydroxylation is 1. The van der Waals surface area contributed by atoms with Crippen LogP contribution in [0.5, 0.6) is 5.75 Å². The zero-order chi connectivity index (χ0) is 18.7. The molecule has 3 rings (SSSR count). The summed E-state index contributed by atoms with van der Waals surface area (Å²) < 4.78 is 7.24. The van der Waals surface area contributed by atoms with Gasteiger partial charge < -0.3 is 9.64 Å². The summed E-state index contributed by atoms with van der Waals surface area (Å²) in [6.45, 7) is 2.04. The van der Waals surface area contributed by atoms with Crippen LogP contribution in [0.1, 0.15) is 23.1 Å². The lowest BCUT2D eigenvalue weighted by atomic mass is 10.1. The maximum atomic E-state index is 12.1. The normalized spacial score (nSPS) is 10.6. The van der Waals surface area contributed by atoms with Crippen LogP contribution < -0.4 is 4.74 Å². The van der Waals surface area contributed by atoms with Crippen LogP contribution in [0.4, 0.5) is 0 Å². The molecule has 0 saturated heterocycles. The van der Waals surface area contributed by atoms with E-state index in [9.17, 15) is 4.79 Å². The van der Waals surface area contributed by atoms with Crippen LogP contribution in [0.25, 0.3) is 17.1 Å². The number of rotatable bonds is 5. The molecular formula is C20H22N4O2. The van der Waals surface area contributed by atoms with Crippen molar-refractivity contribution >= 4 is 5.91 Å². The topological polar surface area (TPSA) is 60.3 Å². The first-order valence-electron chi connectivity index (χ1n) is 8.46. The molecule has 0 aliphatic heterocycles. The van der Waals surface area contributed by atoms with Crippen molar-refractivity contribution in [1.82, 2.24) is 19.7 Å². The van der Waals surface area contributed by atoms with E-state index in [1.807, 2.05) is 60.0 Å². The summed E-state index contributed by atoms with van der Waals surface area (Å²) in [5.41, 5.74) is 2.52. The number of benzene rings is 2. The summed E-state index contributed by atoms with van der Waals surface area (Å²) in [6, 6.07) is 15.2. The highest BCUT2D eigenvalue weighted by Gasteiger charge is 2.15. The van der Waals surface area contributed by atoms with Gasteiger partial charge in [0.25, 0.3) is 5.91 Å². The van der Waals surface area contributed by atoms with Gasteiger partial charge in [-0.05, 0) is 48.5 Å². The van der Waals surface area contributed by atoms with Crippen LogP contribution in [0.3, 0.4) is 0 Å². The number of carbonyl (C=O) groups is 1. The molecule has 0 radical (unpaired) electrons. The zero-order valence-corrected chi connectivity index (χ0v) is 15.4. The lowest BCUT2D eigenvalue weighted by Gasteiger charge is -2.13. The van der Waals surface area contributed by atoms with Crippen LogP contribution in [0, 0.1) is 0 Å². The summed E-state index contributed by atoms with van der Waals surface area (Å²) in [7, 11) is 5.13. The minimum Gasteiger partial charge on any atom is -0.497 e. The van der Waals surface area contributed by atoms with E-state index in [0.717, 1.165) is 35.1 Å². The largest absolute Gasteiger partial charge is 0.497 e. The van der Waals surface area contributed by atoms with E-state index in [4.69, 9.17) is 4.74 Å². The number of aromatic nitrogens is 3. The van der Waals surface area contributed by atoms with Gasteiger partial charge in [-0.15, -0.1) is 10.2 Å². The Morgan fingerprint density at radius 1 is 1.04 bits per heavy atom. The molecule has 0 N–H and O–H groups in total. The molecule has 1 aromatic heterocycles. The van der Waals surface area contributed by atoms with Crippen molar-refractivity contribution in [2.24, 2.45) is 0 Å². The molecule has 3 aromatic rings. The molecule has 6 heteroatoms. The molecule has 0 saturated carbocycles. The fraction of sp³-hybridized carbons (Fsp3) is 0.250. The molecular weight excluding hydrogens is 328 g/mol. The number of amides is 1. The summed E-state index contributed by atoms with van der Waals surface area (Å²) in [6.07, 6.45) is 0.752. The van der Waals surface area contributed by atoms with E-state index in [1.165, 1.54) is 0 Å². The number of methoxy groups -OCH3 is 1. The molecule has 2 aromatic carbocycles. The van der Waals surface area contributed by atoms with Crippen molar-refractivity contribution in [3.05, 3.63) is 59.9 Å². The Morgan fingerprint density at radius 2 is 1.69 bits per heavy atom. The van der Waals surface area contributed by atoms with Crippen molar-refractivity contribution in [1.29, 1.82) is 0 Å². The summed E-state index contributed by atoms with van der Waals surface area (Å²) in [4.78, 5) is 13.7. The number of nitrogens with zero attached hydrogens (tertiary/aromatic N) is 4. The Kier molecular flexibility index (Phi) is 5.02.